The zero-order valence-corrected chi connectivity index (χ0v) is 7.93. The summed E-state index contributed by atoms with van der Waals surface area (Å²) in [6.45, 7) is 0.880. The van der Waals surface area contributed by atoms with Gasteiger partial charge in [-0.3, -0.25) is 0 Å². The Bertz CT molecular complexity index is 263. The van der Waals surface area contributed by atoms with Crippen LogP contribution in [-0.4, -0.2) is 34.4 Å². The van der Waals surface area contributed by atoms with Gasteiger partial charge in [-0.25, -0.2) is 9.97 Å². The highest BCUT2D eigenvalue weighted by molar-refractivity contribution is 5.59. The Hall–Kier alpha value is -1.49. The Morgan fingerprint density at radius 3 is 3.21 bits per heavy atom. The number of rotatable bonds is 6. The van der Waals surface area contributed by atoms with Gasteiger partial charge in [-0.05, 0) is 12.5 Å². The highest BCUT2D eigenvalue weighted by Gasteiger charge is 1.88. The third kappa shape index (κ3) is 4.51. The van der Waals surface area contributed by atoms with Crippen LogP contribution < -0.4 is 5.43 Å². The topological polar surface area (TPSA) is 70.4 Å². The first-order valence-electron chi connectivity index (χ1n) is 4.53. The molecular weight excluding hydrogens is 180 g/mol. The molecule has 0 aliphatic rings. The van der Waals surface area contributed by atoms with Crippen molar-refractivity contribution in [1.82, 2.24) is 15.4 Å². The number of nitrogens with zero attached hydrogens (tertiary/aromatic N) is 3. The molecular formula is C9H14N4O. The minimum atomic E-state index is 0.189. The number of nitrogens with one attached hydrogen (secondary N) is 1. The zero-order valence-electron chi connectivity index (χ0n) is 7.93. The molecule has 0 bridgehead atoms. The second kappa shape index (κ2) is 6.97. The van der Waals surface area contributed by atoms with Crippen LogP contribution in [-0.2, 0) is 6.42 Å². The highest BCUT2D eigenvalue weighted by atomic mass is 16.3. The lowest BCUT2D eigenvalue weighted by Crippen LogP contribution is -2.09. The van der Waals surface area contributed by atoms with E-state index in [9.17, 15) is 0 Å². The average molecular weight is 194 g/mol. The van der Waals surface area contributed by atoms with Gasteiger partial charge >= 0.3 is 0 Å². The minimum Gasteiger partial charge on any atom is -0.396 e. The number of aromatic nitrogens is 2. The summed E-state index contributed by atoms with van der Waals surface area (Å²) >= 11 is 0. The molecule has 0 radical (unpaired) electrons. The molecule has 0 unspecified atom stereocenters. The maximum atomic E-state index is 8.49. The molecule has 0 aliphatic carbocycles. The summed E-state index contributed by atoms with van der Waals surface area (Å²) in [5.41, 5.74) is 3.76. The molecule has 0 aromatic carbocycles. The van der Waals surface area contributed by atoms with Crippen LogP contribution in [0.2, 0.25) is 0 Å². The molecule has 1 heterocycles. The van der Waals surface area contributed by atoms with Crippen LogP contribution in [0, 0.1) is 0 Å². The predicted octanol–water partition coefficient (Wildman–Crippen LogP) is -0.0231. The van der Waals surface area contributed by atoms with Crippen LogP contribution in [0.15, 0.2) is 23.7 Å². The van der Waals surface area contributed by atoms with E-state index in [1.54, 1.807) is 12.4 Å². The molecule has 1 aromatic rings. The fourth-order valence-electron chi connectivity index (χ4n) is 0.865. The molecule has 5 heteroatoms. The van der Waals surface area contributed by atoms with Gasteiger partial charge in [0.15, 0.2) is 0 Å². The quantitative estimate of drug-likeness (QED) is 0.379. The van der Waals surface area contributed by atoms with E-state index in [-0.39, 0.29) is 6.61 Å². The molecule has 0 spiro atoms. The molecule has 0 atom stereocenters. The molecule has 76 valence electrons. The minimum absolute atomic E-state index is 0.189. The maximum Gasteiger partial charge on any atom is 0.115 e. The fourth-order valence-corrected chi connectivity index (χ4v) is 0.865. The molecule has 1 aromatic heterocycles. The lowest BCUT2D eigenvalue weighted by atomic mass is 10.3. The number of hydrogen-bond acceptors (Lipinski definition) is 5. The van der Waals surface area contributed by atoms with Crippen LogP contribution in [0.5, 0.6) is 0 Å². The molecule has 0 saturated heterocycles. The van der Waals surface area contributed by atoms with Crippen LogP contribution in [0.4, 0.5) is 0 Å². The van der Waals surface area contributed by atoms with Crippen molar-refractivity contribution < 1.29 is 5.11 Å². The van der Waals surface area contributed by atoms with Crippen molar-refractivity contribution in [2.24, 2.45) is 5.10 Å². The lowest BCUT2D eigenvalue weighted by molar-refractivity contribution is 0.286. The third-order valence-corrected chi connectivity index (χ3v) is 1.57. The zero-order chi connectivity index (χ0) is 10.1. The van der Waals surface area contributed by atoms with E-state index >= 15 is 0 Å². The number of aliphatic hydroxyl groups excluding tert-OH is 1. The van der Waals surface area contributed by atoms with Crippen molar-refractivity contribution in [3.8, 4) is 0 Å². The van der Waals surface area contributed by atoms with Gasteiger partial charge in [0.25, 0.3) is 0 Å². The normalized spacial score (nSPS) is 10.6. The predicted molar refractivity (Wildman–Crippen MR) is 53.9 cm³/mol. The summed E-state index contributed by atoms with van der Waals surface area (Å²) in [4.78, 5) is 7.86. The Labute approximate surface area is 82.9 Å². The second-order valence-electron chi connectivity index (χ2n) is 2.70. The van der Waals surface area contributed by atoms with Crippen molar-refractivity contribution in [3.05, 3.63) is 24.3 Å². The Kier molecular flexibility index (Phi) is 5.27. The number of hydrazone groups is 1. The fraction of sp³-hybridized carbons (Fsp3) is 0.444. The smallest absolute Gasteiger partial charge is 0.115 e. The maximum absolute atomic E-state index is 8.49. The summed E-state index contributed by atoms with van der Waals surface area (Å²) in [6, 6.07) is 1.85. The molecule has 0 amide bonds. The molecule has 14 heavy (non-hydrogen) atoms. The van der Waals surface area contributed by atoms with Gasteiger partial charge in [-0.2, -0.15) is 5.10 Å². The van der Waals surface area contributed by atoms with E-state index < -0.39 is 0 Å². The van der Waals surface area contributed by atoms with E-state index in [2.05, 4.69) is 20.5 Å². The lowest BCUT2D eigenvalue weighted by Gasteiger charge is -1.96. The summed E-state index contributed by atoms with van der Waals surface area (Å²) in [7, 11) is 0. The van der Waals surface area contributed by atoms with Crippen LogP contribution in [0.25, 0.3) is 0 Å². The van der Waals surface area contributed by atoms with Crippen molar-refractivity contribution >= 4 is 6.21 Å². The van der Waals surface area contributed by atoms with Crippen molar-refractivity contribution in [2.45, 2.75) is 12.8 Å². The number of hydrogen-bond donors (Lipinski definition) is 2. The van der Waals surface area contributed by atoms with E-state index in [0.717, 1.165) is 5.69 Å². The molecule has 1 rings (SSSR count). The van der Waals surface area contributed by atoms with Gasteiger partial charge in [0.05, 0.1) is 0 Å². The Balaban J connectivity index is 2.14. The largest absolute Gasteiger partial charge is 0.396 e. The first-order chi connectivity index (χ1) is 6.93. The van der Waals surface area contributed by atoms with Crippen molar-refractivity contribution in [3.63, 3.8) is 0 Å². The summed E-state index contributed by atoms with van der Waals surface area (Å²) < 4.78 is 0. The van der Waals surface area contributed by atoms with E-state index in [1.807, 2.05) is 6.07 Å². The van der Waals surface area contributed by atoms with E-state index in [0.29, 0.717) is 19.4 Å². The Morgan fingerprint density at radius 1 is 1.57 bits per heavy atom. The molecule has 0 aliphatic heterocycles. The molecule has 5 nitrogen and oxygen atoms in total. The summed E-state index contributed by atoms with van der Waals surface area (Å²) in [5.74, 6) is 0. The first kappa shape index (κ1) is 10.6. The van der Waals surface area contributed by atoms with Gasteiger partial charge in [-0.15, -0.1) is 0 Å². The third-order valence-electron chi connectivity index (χ3n) is 1.57. The number of aliphatic hydroxyl groups is 1. The van der Waals surface area contributed by atoms with Gasteiger partial charge in [-0.1, -0.05) is 0 Å². The highest BCUT2D eigenvalue weighted by Crippen LogP contribution is 1.89. The SMILES string of the molecule is OCCCN/N=C/Cc1ccncn1. The monoisotopic (exact) mass is 194 g/mol. The molecule has 0 saturated carbocycles. The van der Waals surface area contributed by atoms with Crippen molar-refractivity contribution in [2.75, 3.05) is 13.2 Å². The first-order valence-corrected chi connectivity index (χ1v) is 4.53. The molecule has 2 N–H and O–H groups in total. The summed E-state index contributed by atoms with van der Waals surface area (Å²) in [5, 5.41) is 12.4. The second-order valence-corrected chi connectivity index (χ2v) is 2.70. The van der Waals surface area contributed by atoms with Gasteiger partial charge < -0.3 is 10.5 Å². The van der Waals surface area contributed by atoms with E-state index in [4.69, 9.17) is 5.11 Å². The van der Waals surface area contributed by atoms with Gasteiger partial charge in [0.2, 0.25) is 0 Å². The van der Waals surface area contributed by atoms with Crippen molar-refractivity contribution in [1.29, 1.82) is 0 Å². The average Bonchev–Trinajstić information content (AvgIpc) is 2.25. The standard InChI is InChI=1S/C9H14N4O/c14-7-1-4-12-13-6-3-9-2-5-10-8-11-9/h2,5-6,8,12,14H,1,3-4,7H2/b13-6+. The van der Waals surface area contributed by atoms with E-state index in [1.165, 1.54) is 6.33 Å². The van der Waals surface area contributed by atoms with Gasteiger partial charge in [0, 0.05) is 37.7 Å². The summed E-state index contributed by atoms with van der Waals surface area (Å²) in [6.07, 6.45) is 6.37. The Morgan fingerprint density at radius 2 is 2.50 bits per heavy atom. The van der Waals surface area contributed by atoms with Crippen LogP contribution >= 0.6 is 0 Å². The van der Waals surface area contributed by atoms with Crippen LogP contribution in [0.1, 0.15) is 12.1 Å². The van der Waals surface area contributed by atoms with Crippen LogP contribution in [0.3, 0.4) is 0 Å². The molecule has 0 fully saturated rings. The van der Waals surface area contributed by atoms with Gasteiger partial charge in [0.1, 0.15) is 6.33 Å².